The zero-order valence-electron chi connectivity index (χ0n) is 11.7. The molecule has 1 aliphatic heterocycles. The summed E-state index contributed by atoms with van der Waals surface area (Å²) in [6, 6.07) is 9.36. The molecule has 2 rings (SSSR count). The van der Waals surface area contributed by atoms with Crippen LogP contribution in [0.15, 0.2) is 30.3 Å². The highest BCUT2D eigenvalue weighted by Gasteiger charge is 2.37. The Morgan fingerprint density at radius 3 is 2.60 bits per heavy atom. The monoisotopic (exact) mass is 279 g/mol. The topological polar surface area (TPSA) is 59.0 Å². The van der Waals surface area contributed by atoms with E-state index in [0.29, 0.717) is 32.7 Å². The summed E-state index contributed by atoms with van der Waals surface area (Å²) in [5.41, 5.74) is 0.873. The van der Waals surface area contributed by atoms with Crippen LogP contribution < -0.4 is 0 Å². The molecule has 0 radical (unpaired) electrons. The molecule has 1 N–H and O–H groups in total. The molecule has 5 heteroatoms. The lowest BCUT2D eigenvalue weighted by atomic mass is 10.1. The highest BCUT2D eigenvalue weighted by atomic mass is 16.7. The van der Waals surface area contributed by atoms with Crippen LogP contribution in [0.4, 0.5) is 0 Å². The average Bonchev–Trinajstić information content (AvgIpc) is 2.49. The lowest BCUT2D eigenvalue weighted by molar-refractivity contribution is -0.288. The van der Waals surface area contributed by atoms with Crippen molar-refractivity contribution in [3.05, 3.63) is 35.9 Å². The Morgan fingerprint density at radius 1 is 1.35 bits per heavy atom. The normalized spacial score (nSPS) is 19.3. The number of hydrogen-bond donors (Lipinski definition) is 1. The number of aliphatic hydroxyl groups is 1. The van der Waals surface area contributed by atoms with Crippen LogP contribution in [0.25, 0.3) is 0 Å². The summed E-state index contributed by atoms with van der Waals surface area (Å²) in [6.07, 6.45) is 0.487. The first-order valence-electron chi connectivity index (χ1n) is 6.95. The van der Waals surface area contributed by atoms with E-state index in [4.69, 9.17) is 9.47 Å². The minimum Gasteiger partial charge on any atom is -0.418 e. The van der Waals surface area contributed by atoms with E-state index in [2.05, 4.69) is 0 Å². The predicted octanol–water partition coefficient (Wildman–Crippen LogP) is 1.16. The smallest absolute Gasteiger partial charge is 0.313 e. The molecule has 1 aliphatic rings. The van der Waals surface area contributed by atoms with E-state index in [1.165, 1.54) is 0 Å². The Labute approximate surface area is 119 Å². The van der Waals surface area contributed by atoms with Gasteiger partial charge in [0.1, 0.15) is 0 Å². The maximum Gasteiger partial charge on any atom is 0.313 e. The van der Waals surface area contributed by atoms with Gasteiger partial charge in [0.05, 0.1) is 19.6 Å². The van der Waals surface area contributed by atoms with Crippen LogP contribution in [0, 0.1) is 0 Å². The summed E-state index contributed by atoms with van der Waals surface area (Å²) in [6.45, 7) is 3.99. The van der Waals surface area contributed by atoms with Gasteiger partial charge in [-0.2, -0.15) is 0 Å². The lowest BCUT2D eigenvalue weighted by Crippen LogP contribution is -2.55. The maximum absolute atomic E-state index is 12.0. The molecule has 1 fully saturated rings. The second-order valence-electron chi connectivity index (χ2n) is 4.83. The number of carbonyl (C=O) groups is 1. The number of ether oxygens (including phenoxy) is 2. The Bertz CT molecular complexity index is 431. The van der Waals surface area contributed by atoms with E-state index in [-0.39, 0.29) is 6.42 Å². The van der Waals surface area contributed by atoms with Gasteiger partial charge >= 0.3 is 5.97 Å². The first-order chi connectivity index (χ1) is 9.64. The Morgan fingerprint density at radius 2 is 2.00 bits per heavy atom. The molecular weight excluding hydrogens is 258 g/mol. The van der Waals surface area contributed by atoms with Gasteiger partial charge in [-0.15, -0.1) is 0 Å². The van der Waals surface area contributed by atoms with Crippen LogP contribution in [0.2, 0.25) is 0 Å². The zero-order valence-corrected chi connectivity index (χ0v) is 11.7. The van der Waals surface area contributed by atoms with E-state index >= 15 is 0 Å². The van der Waals surface area contributed by atoms with Crippen LogP contribution >= 0.6 is 0 Å². The van der Waals surface area contributed by atoms with E-state index in [1.54, 1.807) is 11.8 Å². The molecule has 1 aromatic carbocycles. The van der Waals surface area contributed by atoms with Crippen molar-refractivity contribution in [3.8, 4) is 0 Å². The second kappa shape index (κ2) is 6.83. The Kier molecular flexibility index (Phi) is 5.11. The van der Waals surface area contributed by atoms with Gasteiger partial charge in [0.2, 0.25) is 0 Å². The Hall–Kier alpha value is -1.43. The fraction of sp³-hybridized carbons (Fsp3) is 0.533. The van der Waals surface area contributed by atoms with Crippen molar-refractivity contribution in [2.75, 3.05) is 26.3 Å². The molecule has 20 heavy (non-hydrogen) atoms. The number of morpholine rings is 1. The van der Waals surface area contributed by atoms with Crippen molar-refractivity contribution in [1.82, 2.24) is 4.90 Å². The van der Waals surface area contributed by atoms with Crippen molar-refractivity contribution in [2.45, 2.75) is 25.7 Å². The summed E-state index contributed by atoms with van der Waals surface area (Å²) in [7, 11) is 0. The fourth-order valence-corrected chi connectivity index (χ4v) is 2.25. The number of hydrogen-bond acceptors (Lipinski definition) is 5. The molecule has 1 atom stereocenters. The third-order valence-electron chi connectivity index (χ3n) is 3.43. The standard InChI is InChI=1S/C15H21NO4/c1-2-15(18,16-8-10-19-11-9-16)20-14(17)12-13-6-4-3-5-7-13/h3-7,18H,2,8-12H2,1H3. The van der Waals surface area contributed by atoms with Crippen LogP contribution in [0.3, 0.4) is 0 Å². The molecule has 0 aliphatic carbocycles. The summed E-state index contributed by atoms with van der Waals surface area (Å²) in [5, 5.41) is 10.5. The fourth-order valence-electron chi connectivity index (χ4n) is 2.25. The average molecular weight is 279 g/mol. The maximum atomic E-state index is 12.0. The van der Waals surface area contributed by atoms with Crippen molar-refractivity contribution in [1.29, 1.82) is 0 Å². The molecule has 5 nitrogen and oxygen atoms in total. The van der Waals surface area contributed by atoms with E-state index in [0.717, 1.165) is 5.56 Å². The minimum absolute atomic E-state index is 0.160. The quantitative estimate of drug-likeness (QED) is 0.647. The number of carbonyl (C=O) groups excluding carboxylic acids is 1. The lowest BCUT2D eigenvalue weighted by Gasteiger charge is -2.39. The molecule has 0 bridgehead atoms. The first kappa shape index (κ1) is 15.0. The summed E-state index contributed by atoms with van der Waals surface area (Å²) in [4.78, 5) is 13.7. The van der Waals surface area contributed by atoms with Crippen molar-refractivity contribution < 1.29 is 19.4 Å². The predicted molar refractivity (Wildman–Crippen MR) is 73.9 cm³/mol. The Balaban J connectivity index is 1.96. The van der Waals surface area contributed by atoms with E-state index in [1.807, 2.05) is 30.3 Å². The molecule has 1 heterocycles. The zero-order chi connectivity index (χ0) is 14.4. The van der Waals surface area contributed by atoms with Gasteiger partial charge in [0.15, 0.2) is 0 Å². The molecule has 0 amide bonds. The van der Waals surface area contributed by atoms with E-state index < -0.39 is 11.9 Å². The van der Waals surface area contributed by atoms with Gasteiger partial charge in [-0.05, 0) is 5.56 Å². The summed E-state index contributed by atoms with van der Waals surface area (Å²) < 4.78 is 10.6. The number of nitrogens with zero attached hydrogens (tertiary/aromatic N) is 1. The third kappa shape index (κ3) is 3.79. The van der Waals surface area contributed by atoms with Gasteiger partial charge in [-0.3, -0.25) is 4.79 Å². The molecule has 1 aromatic rings. The highest BCUT2D eigenvalue weighted by Crippen LogP contribution is 2.20. The van der Waals surface area contributed by atoms with Crippen LogP contribution in [-0.2, 0) is 20.7 Å². The number of benzene rings is 1. The summed E-state index contributed by atoms with van der Waals surface area (Å²) >= 11 is 0. The van der Waals surface area contributed by atoms with Crippen LogP contribution in [0.5, 0.6) is 0 Å². The number of rotatable bonds is 5. The van der Waals surface area contributed by atoms with Crippen molar-refractivity contribution in [3.63, 3.8) is 0 Å². The van der Waals surface area contributed by atoms with Gasteiger partial charge < -0.3 is 14.6 Å². The van der Waals surface area contributed by atoms with Crippen LogP contribution in [0.1, 0.15) is 18.9 Å². The van der Waals surface area contributed by atoms with E-state index in [9.17, 15) is 9.90 Å². The number of esters is 1. The van der Waals surface area contributed by atoms with Crippen molar-refractivity contribution >= 4 is 5.97 Å². The molecule has 0 aromatic heterocycles. The van der Waals surface area contributed by atoms with Gasteiger partial charge in [-0.25, -0.2) is 4.90 Å². The molecular formula is C15H21NO4. The molecule has 0 saturated carbocycles. The molecule has 1 unspecified atom stereocenters. The summed E-state index contributed by atoms with van der Waals surface area (Å²) in [5.74, 6) is -1.96. The second-order valence-corrected chi connectivity index (χ2v) is 4.83. The molecule has 1 saturated heterocycles. The van der Waals surface area contributed by atoms with Gasteiger partial charge in [0, 0.05) is 19.5 Å². The first-order valence-corrected chi connectivity index (χ1v) is 6.95. The largest absolute Gasteiger partial charge is 0.418 e. The SMILES string of the molecule is CCC(O)(OC(=O)Cc1ccccc1)N1CCOCC1. The molecule has 110 valence electrons. The van der Waals surface area contributed by atoms with Gasteiger partial charge in [0.25, 0.3) is 5.91 Å². The van der Waals surface area contributed by atoms with Crippen LogP contribution in [-0.4, -0.2) is 48.2 Å². The molecule has 0 spiro atoms. The van der Waals surface area contributed by atoms with Crippen molar-refractivity contribution in [2.24, 2.45) is 0 Å². The third-order valence-corrected chi connectivity index (χ3v) is 3.43. The van der Waals surface area contributed by atoms with Gasteiger partial charge in [-0.1, -0.05) is 37.3 Å². The highest BCUT2D eigenvalue weighted by molar-refractivity contribution is 5.72. The minimum atomic E-state index is -1.53.